The Morgan fingerprint density at radius 2 is 2.21 bits per heavy atom. The number of aromatic nitrogens is 3. The molecule has 0 aromatic carbocycles. The molecule has 0 radical (unpaired) electrons. The molecule has 3 aromatic rings. The standard InChI is InChI=1S/C18H20N4O2/c1-12-10-14(12)15-7-5-13(24-15)6-8-18(23)19-11-17-21-20-16-4-2-3-9-22(16)17/h2-5,7,9,12,14H,6,8,10-11H2,1H3,(H,19,23)/t12-,14-/m1/s1. The lowest BCUT2D eigenvalue weighted by molar-refractivity contribution is -0.121. The molecule has 1 aliphatic rings. The van der Waals surface area contributed by atoms with Crippen molar-refractivity contribution in [3.63, 3.8) is 0 Å². The van der Waals surface area contributed by atoms with E-state index < -0.39 is 0 Å². The molecule has 6 nitrogen and oxygen atoms in total. The number of aryl methyl sites for hydroxylation is 1. The first-order valence-corrected chi connectivity index (χ1v) is 8.34. The third-order valence-corrected chi connectivity index (χ3v) is 4.58. The third kappa shape index (κ3) is 3.04. The molecule has 0 spiro atoms. The number of nitrogens with one attached hydrogen (secondary N) is 1. The highest BCUT2D eigenvalue weighted by Crippen LogP contribution is 2.47. The first kappa shape index (κ1) is 14.9. The number of amides is 1. The van der Waals surface area contributed by atoms with Gasteiger partial charge in [-0.15, -0.1) is 10.2 Å². The third-order valence-electron chi connectivity index (χ3n) is 4.58. The van der Waals surface area contributed by atoms with Crippen molar-refractivity contribution in [1.82, 2.24) is 19.9 Å². The van der Waals surface area contributed by atoms with Gasteiger partial charge >= 0.3 is 0 Å². The Hall–Kier alpha value is -2.63. The second kappa shape index (κ2) is 6.11. The van der Waals surface area contributed by atoms with E-state index in [9.17, 15) is 4.79 Å². The molecule has 1 aliphatic carbocycles. The zero-order chi connectivity index (χ0) is 16.5. The van der Waals surface area contributed by atoms with Crippen LogP contribution in [0.2, 0.25) is 0 Å². The van der Waals surface area contributed by atoms with Gasteiger partial charge in [-0.25, -0.2) is 0 Å². The SMILES string of the molecule is C[C@@H]1C[C@H]1c1ccc(CCC(=O)NCc2nnc3ccccn23)o1. The topological polar surface area (TPSA) is 72.4 Å². The van der Waals surface area contributed by atoms with Crippen molar-refractivity contribution in [2.45, 2.75) is 38.6 Å². The van der Waals surface area contributed by atoms with E-state index in [4.69, 9.17) is 4.42 Å². The summed E-state index contributed by atoms with van der Waals surface area (Å²) in [7, 11) is 0. The summed E-state index contributed by atoms with van der Waals surface area (Å²) >= 11 is 0. The molecule has 3 aromatic heterocycles. The number of hydrogen-bond donors (Lipinski definition) is 1. The lowest BCUT2D eigenvalue weighted by Gasteiger charge is -2.03. The van der Waals surface area contributed by atoms with Crippen LogP contribution in [0.4, 0.5) is 0 Å². The number of furan rings is 1. The zero-order valence-corrected chi connectivity index (χ0v) is 13.6. The molecule has 24 heavy (non-hydrogen) atoms. The van der Waals surface area contributed by atoms with Crippen LogP contribution >= 0.6 is 0 Å². The highest BCUT2D eigenvalue weighted by molar-refractivity contribution is 5.76. The van der Waals surface area contributed by atoms with Crippen LogP contribution < -0.4 is 5.32 Å². The lowest BCUT2D eigenvalue weighted by Crippen LogP contribution is -2.24. The first-order chi connectivity index (χ1) is 11.7. The van der Waals surface area contributed by atoms with E-state index in [1.807, 2.05) is 40.9 Å². The molecule has 0 unspecified atom stereocenters. The Labute approximate surface area is 139 Å². The molecular formula is C18H20N4O2. The average molecular weight is 324 g/mol. The van der Waals surface area contributed by atoms with Gasteiger partial charge in [0.15, 0.2) is 11.5 Å². The second-order valence-corrected chi connectivity index (χ2v) is 6.45. The Bertz CT molecular complexity index is 867. The molecule has 4 rings (SSSR count). The summed E-state index contributed by atoms with van der Waals surface area (Å²) in [4.78, 5) is 12.0. The first-order valence-electron chi connectivity index (χ1n) is 8.34. The predicted molar refractivity (Wildman–Crippen MR) is 88.4 cm³/mol. The summed E-state index contributed by atoms with van der Waals surface area (Å²) in [5, 5.41) is 11.1. The van der Waals surface area contributed by atoms with E-state index in [1.54, 1.807) is 0 Å². The van der Waals surface area contributed by atoms with E-state index in [0.29, 0.717) is 25.3 Å². The van der Waals surface area contributed by atoms with Crippen LogP contribution in [0, 0.1) is 5.92 Å². The van der Waals surface area contributed by atoms with Gasteiger partial charge in [0.05, 0.1) is 6.54 Å². The second-order valence-electron chi connectivity index (χ2n) is 6.45. The Balaban J connectivity index is 1.28. The molecule has 1 fully saturated rings. The molecule has 0 saturated heterocycles. The van der Waals surface area contributed by atoms with E-state index in [-0.39, 0.29) is 5.91 Å². The molecule has 1 N–H and O–H groups in total. The highest BCUT2D eigenvalue weighted by atomic mass is 16.3. The average Bonchev–Trinajstić information content (AvgIpc) is 3.02. The van der Waals surface area contributed by atoms with Gasteiger partial charge in [0, 0.05) is 25.0 Å². The van der Waals surface area contributed by atoms with Gasteiger partial charge in [0.25, 0.3) is 0 Å². The van der Waals surface area contributed by atoms with Crippen LogP contribution in [0.1, 0.15) is 43.0 Å². The van der Waals surface area contributed by atoms with Crippen LogP contribution in [0.15, 0.2) is 40.9 Å². The molecule has 6 heteroatoms. The fourth-order valence-corrected chi connectivity index (χ4v) is 2.96. The monoisotopic (exact) mass is 324 g/mol. The fraction of sp³-hybridized carbons (Fsp3) is 0.389. The van der Waals surface area contributed by atoms with E-state index in [2.05, 4.69) is 22.4 Å². The molecule has 0 aliphatic heterocycles. The number of nitrogens with zero attached hydrogens (tertiary/aromatic N) is 3. The van der Waals surface area contributed by atoms with Gasteiger partial charge in [-0.05, 0) is 36.6 Å². The van der Waals surface area contributed by atoms with Crippen molar-refractivity contribution < 1.29 is 9.21 Å². The molecule has 0 bridgehead atoms. The molecule has 3 heterocycles. The smallest absolute Gasteiger partial charge is 0.220 e. The van der Waals surface area contributed by atoms with E-state index in [1.165, 1.54) is 6.42 Å². The van der Waals surface area contributed by atoms with Gasteiger partial charge < -0.3 is 9.73 Å². The predicted octanol–water partition coefficient (Wildman–Crippen LogP) is 2.69. The van der Waals surface area contributed by atoms with Crippen LogP contribution in [0.3, 0.4) is 0 Å². The molecule has 124 valence electrons. The fourth-order valence-electron chi connectivity index (χ4n) is 2.96. The normalized spacial score (nSPS) is 19.5. The van der Waals surface area contributed by atoms with E-state index in [0.717, 1.165) is 28.9 Å². The summed E-state index contributed by atoms with van der Waals surface area (Å²) in [6.07, 6.45) is 4.12. The zero-order valence-electron chi connectivity index (χ0n) is 13.6. The Kier molecular flexibility index (Phi) is 3.80. The summed E-state index contributed by atoms with van der Waals surface area (Å²) in [6.45, 7) is 2.60. The number of fused-ring (bicyclic) bond motifs is 1. The van der Waals surface area contributed by atoms with Crippen LogP contribution in [-0.4, -0.2) is 20.5 Å². The maximum atomic E-state index is 12.0. The van der Waals surface area contributed by atoms with Crippen molar-refractivity contribution in [3.05, 3.63) is 53.9 Å². The molecule has 1 saturated carbocycles. The summed E-state index contributed by atoms with van der Waals surface area (Å²) in [5.41, 5.74) is 0.777. The number of hydrogen-bond acceptors (Lipinski definition) is 4. The van der Waals surface area contributed by atoms with Crippen molar-refractivity contribution in [2.75, 3.05) is 0 Å². The highest BCUT2D eigenvalue weighted by Gasteiger charge is 2.36. The minimum Gasteiger partial charge on any atom is -0.466 e. The van der Waals surface area contributed by atoms with Gasteiger partial charge in [-0.2, -0.15) is 0 Å². The largest absolute Gasteiger partial charge is 0.466 e. The van der Waals surface area contributed by atoms with Gasteiger partial charge in [0.2, 0.25) is 5.91 Å². The maximum Gasteiger partial charge on any atom is 0.220 e. The van der Waals surface area contributed by atoms with E-state index >= 15 is 0 Å². The summed E-state index contributed by atoms with van der Waals surface area (Å²) in [5.74, 6) is 3.96. The van der Waals surface area contributed by atoms with Crippen molar-refractivity contribution >= 4 is 11.6 Å². The number of pyridine rings is 1. The minimum absolute atomic E-state index is 0.0135. The quantitative estimate of drug-likeness (QED) is 0.756. The van der Waals surface area contributed by atoms with Gasteiger partial charge in [-0.3, -0.25) is 9.20 Å². The number of rotatable bonds is 6. The Morgan fingerprint density at radius 3 is 3.04 bits per heavy atom. The molecule has 1 amide bonds. The number of carbonyl (C=O) groups is 1. The Morgan fingerprint density at radius 1 is 1.33 bits per heavy atom. The molecular weight excluding hydrogens is 304 g/mol. The van der Waals surface area contributed by atoms with Gasteiger partial charge in [0.1, 0.15) is 11.5 Å². The maximum absolute atomic E-state index is 12.0. The van der Waals surface area contributed by atoms with Crippen LogP contribution in [-0.2, 0) is 17.8 Å². The molecule has 2 atom stereocenters. The minimum atomic E-state index is -0.0135. The van der Waals surface area contributed by atoms with Crippen molar-refractivity contribution in [3.8, 4) is 0 Å². The summed E-state index contributed by atoms with van der Waals surface area (Å²) in [6, 6.07) is 9.74. The van der Waals surface area contributed by atoms with Crippen LogP contribution in [0.5, 0.6) is 0 Å². The van der Waals surface area contributed by atoms with Crippen molar-refractivity contribution in [2.24, 2.45) is 5.92 Å². The van der Waals surface area contributed by atoms with Crippen molar-refractivity contribution in [1.29, 1.82) is 0 Å². The summed E-state index contributed by atoms with van der Waals surface area (Å²) < 4.78 is 7.70. The van der Waals surface area contributed by atoms with Gasteiger partial charge in [-0.1, -0.05) is 13.0 Å². The van der Waals surface area contributed by atoms with Crippen LogP contribution in [0.25, 0.3) is 5.65 Å². The lowest BCUT2D eigenvalue weighted by atomic mass is 10.2. The number of carbonyl (C=O) groups excluding carboxylic acids is 1.